The maximum atomic E-state index is 12.7. The lowest BCUT2D eigenvalue weighted by Crippen LogP contribution is -2.30. The van der Waals surface area contributed by atoms with Crippen LogP contribution < -0.4 is 0 Å². The van der Waals surface area contributed by atoms with Gasteiger partial charge in [0.1, 0.15) is 5.65 Å². The molecule has 0 radical (unpaired) electrons. The van der Waals surface area contributed by atoms with Crippen molar-refractivity contribution in [2.45, 2.75) is 71.1 Å². The molecule has 140 valence electrons. The number of rotatable bonds is 6. The summed E-state index contributed by atoms with van der Waals surface area (Å²) in [6.07, 6.45) is 12.6. The molecule has 2 aromatic heterocycles. The van der Waals surface area contributed by atoms with Crippen LogP contribution in [0.5, 0.6) is 0 Å². The van der Waals surface area contributed by atoms with Crippen LogP contribution in [0.15, 0.2) is 18.3 Å². The largest absolute Gasteiger partial charge is 0.339 e. The Balaban J connectivity index is 1.67. The zero-order chi connectivity index (χ0) is 18.1. The zero-order valence-electron chi connectivity index (χ0n) is 16.2. The van der Waals surface area contributed by atoms with Gasteiger partial charge in [0.25, 0.3) is 5.91 Å². The Hall–Kier alpha value is -1.84. The van der Waals surface area contributed by atoms with Gasteiger partial charge in [0.05, 0.1) is 5.69 Å². The maximum absolute atomic E-state index is 12.7. The van der Waals surface area contributed by atoms with E-state index in [9.17, 15) is 4.79 Å². The molecule has 2 aromatic rings. The number of fused-ring (bicyclic) bond motifs is 1. The molecular formula is C22H31N3O. The van der Waals surface area contributed by atoms with Crippen molar-refractivity contribution in [2.24, 2.45) is 5.92 Å². The van der Waals surface area contributed by atoms with Crippen molar-refractivity contribution in [3.8, 4) is 0 Å². The second kappa shape index (κ2) is 7.42. The lowest BCUT2D eigenvalue weighted by atomic mass is 9.85. The second-order valence-electron chi connectivity index (χ2n) is 8.05. The summed E-state index contributed by atoms with van der Waals surface area (Å²) in [5, 5.41) is 0. The molecule has 0 bridgehead atoms. The number of imidazole rings is 1. The molecule has 2 saturated carbocycles. The number of aromatic nitrogens is 2. The highest BCUT2D eigenvalue weighted by atomic mass is 16.2. The Labute approximate surface area is 156 Å². The normalized spacial score (nSPS) is 18.4. The third kappa shape index (κ3) is 3.38. The molecule has 2 aliphatic carbocycles. The van der Waals surface area contributed by atoms with Gasteiger partial charge < -0.3 is 9.30 Å². The summed E-state index contributed by atoms with van der Waals surface area (Å²) in [4.78, 5) is 19.6. The summed E-state index contributed by atoms with van der Waals surface area (Å²) in [5.74, 6) is 1.57. The van der Waals surface area contributed by atoms with Gasteiger partial charge in [-0.15, -0.1) is 0 Å². The Morgan fingerprint density at radius 1 is 1.15 bits per heavy atom. The van der Waals surface area contributed by atoms with Crippen LogP contribution >= 0.6 is 0 Å². The minimum atomic E-state index is 0.113. The van der Waals surface area contributed by atoms with E-state index in [1.165, 1.54) is 56.3 Å². The monoisotopic (exact) mass is 353 g/mol. The van der Waals surface area contributed by atoms with Gasteiger partial charge in [-0.3, -0.25) is 4.79 Å². The van der Waals surface area contributed by atoms with Crippen molar-refractivity contribution in [2.75, 3.05) is 13.1 Å². The first-order valence-electron chi connectivity index (χ1n) is 10.5. The van der Waals surface area contributed by atoms with Crippen LogP contribution in [0.4, 0.5) is 0 Å². The molecule has 4 heteroatoms. The quantitative estimate of drug-likeness (QED) is 0.747. The topological polar surface area (TPSA) is 37.6 Å². The minimum absolute atomic E-state index is 0.113. The van der Waals surface area contributed by atoms with Gasteiger partial charge in [-0.25, -0.2) is 4.98 Å². The first-order chi connectivity index (χ1) is 12.7. The van der Waals surface area contributed by atoms with E-state index in [0.29, 0.717) is 5.92 Å². The summed E-state index contributed by atoms with van der Waals surface area (Å²) in [6, 6.07) is 3.98. The Morgan fingerprint density at radius 3 is 2.54 bits per heavy atom. The van der Waals surface area contributed by atoms with E-state index in [1.54, 1.807) is 0 Å². The van der Waals surface area contributed by atoms with Crippen molar-refractivity contribution in [3.63, 3.8) is 0 Å². The Morgan fingerprint density at radius 2 is 1.88 bits per heavy atom. The molecule has 4 nitrogen and oxygen atoms in total. The number of nitrogens with zero attached hydrogens (tertiary/aromatic N) is 3. The molecule has 0 spiro atoms. The number of amides is 1. The molecule has 2 heterocycles. The molecule has 4 rings (SSSR count). The van der Waals surface area contributed by atoms with Gasteiger partial charge >= 0.3 is 0 Å². The van der Waals surface area contributed by atoms with Crippen molar-refractivity contribution in [1.82, 2.24) is 14.3 Å². The minimum Gasteiger partial charge on any atom is -0.339 e. The van der Waals surface area contributed by atoms with Crippen molar-refractivity contribution < 1.29 is 4.79 Å². The highest BCUT2D eigenvalue weighted by Gasteiger charge is 2.31. The first kappa shape index (κ1) is 17.6. The van der Waals surface area contributed by atoms with Gasteiger partial charge in [0, 0.05) is 36.5 Å². The standard InChI is InChI=1S/C22H31N3O/c1-3-24(4-2)22(26)18-12-13-25-19(14-16-8-6-5-7-9-16)21(17-10-11-17)23-20(25)15-18/h12-13,15-17H,3-11,14H2,1-2H3. The van der Waals surface area contributed by atoms with Gasteiger partial charge in [-0.05, 0) is 51.2 Å². The summed E-state index contributed by atoms with van der Waals surface area (Å²) >= 11 is 0. The summed E-state index contributed by atoms with van der Waals surface area (Å²) in [6.45, 7) is 5.55. The maximum Gasteiger partial charge on any atom is 0.254 e. The fourth-order valence-electron chi connectivity index (χ4n) is 4.49. The summed E-state index contributed by atoms with van der Waals surface area (Å²) < 4.78 is 2.27. The van der Waals surface area contributed by atoms with Crippen LogP contribution in [0.2, 0.25) is 0 Å². The third-order valence-electron chi connectivity index (χ3n) is 6.22. The highest BCUT2D eigenvalue weighted by Crippen LogP contribution is 2.42. The molecule has 0 unspecified atom stereocenters. The molecule has 1 amide bonds. The predicted octanol–water partition coefficient (Wildman–Crippen LogP) is 4.82. The van der Waals surface area contributed by atoms with Crippen LogP contribution in [0, 0.1) is 5.92 Å². The van der Waals surface area contributed by atoms with E-state index < -0.39 is 0 Å². The first-order valence-corrected chi connectivity index (χ1v) is 10.5. The van der Waals surface area contributed by atoms with Crippen molar-refractivity contribution in [3.05, 3.63) is 35.3 Å². The van der Waals surface area contributed by atoms with E-state index in [0.717, 1.165) is 36.6 Å². The SMILES string of the molecule is CCN(CC)C(=O)c1ccn2c(CC3CCCCC3)c(C3CC3)nc2c1. The average molecular weight is 354 g/mol. The van der Waals surface area contributed by atoms with Crippen LogP contribution in [0.25, 0.3) is 5.65 Å². The highest BCUT2D eigenvalue weighted by molar-refractivity contribution is 5.95. The van der Waals surface area contributed by atoms with Gasteiger partial charge in [-0.1, -0.05) is 32.1 Å². The summed E-state index contributed by atoms with van der Waals surface area (Å²) in [5.41, 5.74) is 4.44. The molecule has 0 saturated heterocycles. The number of pyridine rings is 1. The second-order valence-corrected chi connectivity index (χ2v) is 8.05. The van der Waals surface area contributed by atoms with E-state index in [1.807, 2.05) is 30.9 Å². The summed E-state index contributed by atoms with van der Waals surface area (Å²) in [7, 11) is 0. The van der Waals surface area contributed by atoms with Crippen molar-refractivity contribution >= 4 is 11.6 Å². The molecule has 26 heavy (non-hydrogen) atoms. The van der Waals surface area contributed by atoms with E-state index in [4.69, 9.17) is 4.98 Å². The Bertz CT molecular complexity index is 780. The third-order valence-corrected chi connectivity index (χ3v) is 6.22. The zero-order valence-corrected chi connectivity index (χ0v) is 16.2. The molecular weight excluding hydrogens is 322 g/mol. The van der Waals surface area contributed by atoms with Crippen LogP contribution in [-0.2, 0) is 6.42 Å². The predicted molar refractivity (Wildman–Crippen MR) is 105 cm³/mol. The van der Waals surface area contributed by atoms with Crippen LogP contribution in [0.3, 0.4) is 0 Å². The Kier molecular flexibility index (Phi) is 5.01. The molecule has 0 aromatic carbocycles. The number of carbonyl (C=O) groups is 1. The van der Waals surface area contributed by atoms with Crippen LogP contribution in [-0.4, -0.2) is 33.3 Å². The fourth-order valence-corrected chi connectivity index (χ4v) is 4.49. The number of carbonyl (C=O) groups excluding carboxylic acids is 1. The van der Waals surface area contributed by atoms with E-state index in [2.05, 4.69) is 10.6 Å². The van der Waals surface area contributed by atoms with E-state index in [-0.39, 0.29) is 5.91 Å². The molecule has 2 fully saturated rings. The molecule has 0 aliphatic heterocycles. The lowest BCUT2D eigenvalue weighted by molar-refractivity contribution is 0.0773. The smallest absolute Gasteiger partial charge is 0.254 e. The molecule has 0 atom stereocenters. The number of hydrogen-bond donors (Lipinski definition) is 0. The molecule has 2 aliphatic rings. The van der Waals surface area contributed by atoms with Gasteiger partial charge in [0.2, 0.25) is 0 Å². The fraction of sp³-hybridized carbons (Fsp3) is 0.636. The molecule has 0 N–H and O–H groups in total. The van der Waals surface area contributed by atoms with Crippen LogP contribution in [0.1, 0.15) is 86.5 Å². The number of hydrogen-bond acceptors (Lipinski definition) is 2. The average Bonchev–Trinajstić information content (AvgIpc) is 3.46. The van der Waals surface area contributed by atoms with E-state index >= 15 is 0 Å². The van der Waals surface area contributed by atoms with Crippen molar-refractivity contribution in [1.29, 1.82) is 0 Å². The van der Waals surface area contributed by atoms with Gasteiger partial charge in [-0.2, -0.15) is 0 Å². The lowest BCUT2D eigenvalue weighted by Gasteiger charge is -2.22. The van der Waals surface area contributed by atoms with Gasteiger partial charge in [0.15, 0.2) is 0 Å².